The van der Waals surface area contributed by atoms with Crippen molar-refractivity contribution in [2.24, 2.45) is 0 Å². The molecule has 0 atom stereocenters. The maximum Gasteiger partial charge on any atom is 0.103 e. The van der Waals surface area contributed by atoms with Crippen LogP contribution < -0.4 is 12.4 Å². The fourth-order valence-electron chi connectivity index (χ4n) is 0.387. The van der Waals surface area contributed by atoms with Gasteiger partial charge < -0.3 is 12.4 Å². The van der Waals surface area contributed by atoms with Gasteiger partial charge in [0.15, 0.2) is 0 Å². The van der Waals surface area contributed by atoms with Crippen molar-refractivity contribution in [1.82, 2.24) is 0 Å². The number of nitrogens with zero attached hydrogens (tertiary/aromatic N) is 2. The van der Waals surface area contributed by atoms with E-state index in [0.717, 1.165) is 6.61 Å². The lowest BCUT2D eigenvalue weighted by Gasteiger charge is -2.19. The lowest BCUT2D eigenvalue weighted by molar-refractivity contribution is -1.06. The second-order valence-corrected chi connectivity index (χ2v) is 2.64. The van der Waals surface area contributed by atoms with Crippen LogP contribution in [0.25, 0.3) is 0 Å². The Morgan fingerprint density at radius 3 is 1.83 bits per heavy atom. The monoisotopic (exact) mass is 192 g/mol. The van der Waals surface area contributed by atoms with Crippen LogP contribution in [0.3, 0.4) is 0 Å². The number of allylic oxidation sites excluding steroid dienone is 1. The predicted molar refractivity (Wildman–Crippen MR) is 45.5 cm³/mol. The first-order valence-electron chi connectivity index (χ1n) is 3.44. The summed E-state index contributed by atoms with van der Waals surface area (Å²) in [5, 5.41) is 7.51. The molecular weight excluding hydrogens is 176 g/mol. The molecule has 0 heterocycles. The molecule has 0 fully saturated rings. The van der Waals surface area contributed by atoms with Gasteiger partial charge in [0, 0.05) is 6.08 Å². The highest BCUT2D eigenvalue weighted by molar-refractivity contribution is 4.93. The zero-order chi connectivity index (χ0) is 9.33. The highest BCUT2D eigenvalue weighted by Gasteiger charge is 2.03. The Labute approximate surface area is 81.2 Å². The van der Waals surface area contributed by atoms with Gasteiger partial charge in [-0.3, -0.25) is 0 Å². The summed E-state index contributed by atoms with van der Waals surface area (Å²) >= 11 is 0. The summed E-state index contributed by atoms with van der Waals surface area (Å²) in [5.41, 5.74) is 0. The minimum atomic E-state index is 0. The summed E-state index contributed by atoms with van der Waals surface area (Å²) in [5.74, 6) is 0. The normalized spacial score (nSPS) is 8.25. The number of nitriles is 1. The molecule has 4 heteroatoms. The van der Waals surface area contributed by atoms with E-state index in [1.54, 1.807) is 6.07 Å². The van der Waals surface area contributed by atoms with E-state index >= 15 is 0 Å². The van der Waals surface area contributed by atoms with E-state index in [-0.39, 0.29) is 12.4 Å². The highest BCUT2D eigenvalue weighted by Crippen LogP contribution is 1.88. The summed E-state index contributed by atoms with van der Waals surface area (Å²) in [6.45, 7) is 5.89. The van der Waals surface area contributed by atoms with Crippen molar-refractivity contribution >= 4 is 0 Å². The van der Waals surface area contributed by atoms with Crippen molar-refractivity contribution in [3.63, 3.8) is 0 Å². The van der Waals surface area contributed by atoms with Crippen molar-refractivity contribution in [1.29, 1.82) is 5.26 Å². The molecule has 0 aliphatic carbocycles. The number of hydrogen-bond acceptors (Lipinski definition) is 2. The van der Waals surface area contributed by atoms with Gasteiger partial charge in [0.05, 0.1) is 27.2 Å². The Morgan fingerprint density at radius 1 is 1.50 bits per heavy atom. The van der Waals surface area contributed by atoms with Crippen molar-refractivity contribution in [3.05, 3.63) is 12.7 Å². The standard InChI is InChI=1S/C5H14NO.C3H3N.ClH/c1-5-7-6(2,3)4;1-2-3-4;/h5H2,1-4H3;2H,1H2;1H/q+1;;/p-1. The van der Waals surface area contributed by atoms with Gasteiger partial charge in [0.1, 0.15) is 6.61 Å². The number of halogens is 1. The number of rotatable bonds is 2. The van der Waals surface area contributed by atoms with Gasteiger partial charge in [-0.1, -0.05) is 6.58 Å². The molecule has 0 N–H and O–H groups in total. The lowest BCUT2D eigenvalue weighted by Crippen LogP contribution is -3.00. The molecule has 3 nitrogen and oxygen atoms in total. The zero-order valence-electron chi connectivity index (χ0n) is 8.17. The Morgan fingerprint density at radius 2 is 1.83 bits per heavy atom. The van der Waals surface area contributed by atoms with Crippen molar-refractivity contribution in [3.8, 4) is 6.07 Å². The summed E-state index contributed by atoms with van der Waals surface area (Å²) < 4.78 is 0.594. The molecule has 0 aromatic carbocycles. The van der Waals surface area contributed by atoms with Crippen LogP contribution in [-0.4, -0.2) is 32.4 Å². The largest absolute Gasteiger partial charge is 1.00 e. The average molecular weight is 193 g/mol. The van der Waals surface area contributed by atoms with Gasteiger partial charge in [-0.15, -0.1) is 0 Å². The SMILES string of the molecule is C=CC#N.CCO[N+](C)(C)C.[Cl-]. The Hall–Kier alpha value is -0.560. The van der Waals surface area contributed by atoms with Crippen molar-refractivity contribution in [2.75, 3.05) is 27.7 Å². The van der Waals surface area contributed by atoms with E-state index in [4.69, 9.17) is 10.1 Å². The third-order valence-corrected chi connectivity index (χ3v) is 0.608. The number of hydroxylamine groups is 3. The van der Waals surface area contributed by atoms with Crippen LogP contribution in [0.1, 0.15) is 6.92 Å². The molecule has 0 aromatic heterocycles. The summed E-state index contributed by atoms with van der Waals surface area (Å²) in [4.78, 5) is 5.17. The lowest BCUT2D eigenvalue weighted by atomic mass is 10.8. The van der Waals surface area contributed by atoms with Crippen LogP contribution in [0.5, 0.6) is 0 Å². The fraction of sp³-hybridized carbons (Fsp3) is 0.625. The van der Waals surface area contributed by atoms with Gasteiger partial charge in [0.2, 0.25) is 0 Å². The van der Waals surface area contributed by atoms with E-state index in [9.17, 15) is 0 Å². The Kier molecular flexibility index (Phi) is 15.2. The highest BCUT2D eigenvalue weighted by atomic mass is 35.5. The van der Waals surface area contributed by atoms with E-state index < -0.39 is 0 Å². The van der Waals surface area contributed by atoms with Crippen LogP contribution >= 0.6 is 0 Å². The summed E-state index contributed by atoms with van der Waals surface area (Å²) in [6.07, 6.45) is 1.18. The molecule has 0 aromatic rings. The van der Waals surface area contributed by atoms with Gasteiger partial charge in [-0.2, -0.15) is 9.91 Å². The third kappa shape index (κ3) is 34.1. The van der Waals surface area contributed by atoms with Crippen LogP contribution in [0.2, 0.25) is 0 Å². The molecule has 0 aliphatic rings. The molecular formula is C8H17ClN2O. The van der Waals surface area contributed by atoms with E-state index in [1.165, 1.54) is 6.08 Å². The molecule has 0 radical (unpaired) electrons. The van der Waals surface area contributed by atoms with Crippen LogP contribution in [-0.2, 0) is 4.84 Å². The molecule has 0 aliphatic heterocycles. The zero-order valence-corrected chi connectivity index (χ0v) is 8.93. The summed E-state index contributed by atoms with van der Waals surface area (Å²) in [7, 11) is 5.97. The molecule has 0 amide bonds. The number of quaternary nitrogens is 1. The predicted octanol–water partition coefficient (Wildman–Crippen LogP) is -1.66. The van der Waals surface area contributed by atoms with Crippen LogP contribution in [0.4, 0.5) is 0 Å². The van der Waals surface area contributed by atoms with E-state index in [0.29, 0.717) is 4.65 Å². The van der Waals surface area contributed by atoms with Gasteiger partial charge >= 0.3 is 0 Å². The minimum Gasteiger partial charge on any atom is -1.00 e. The van der Waals surface area contributed by atoms with Gasteiger partial charge in [0.25, 0.3) is 0 Å². The average Bonchev–Trinajstić information content (AvgIpc) is 1.86. The first-order chi connectivity index (χ1) is 4.97. The molecule has 0 saturated carbocycles. The van der Waals surface area contributed by atoms with Gasteiger partial charge in [-0.05, 0) is 6.92 Å². The fourth-order valence-corrected chi connectivity index (χ4v) is 0.387. The number of hydrogen-bond donors (Lipinski definition) is 0. The molecule has 0 rings (SSSR count). The van der Waals surface area contributed by atoms with Crippen molar-refractivity contribution < 1.29 is 21.9 Å². The second kappa shape index (κ2) is 10.4. The Bertz CT molecular complexity index is 135. The first kappa shape index (κ1) is 17.5. The quantitative estimate of drug-likeness (QED) is 0.298. The smallest absolute Gasteiger partial charge is 0.103 e. The van der Waals surface area contributed by atoms with E-state index in [2.05, 4.69) is 6.58 Å². The van der Waals surface area contributed by atoms with E-state index in [1.807, 2.05) is 28.1 Å². The minimum absolute atomic E-state index is 0. The maximum absolute atomic E-state index is 7.51. The van der Waals surface area contributed by atoms with Gasteiger partial charge in [-0.25, -0.2) is 4.84 Å². The first-order valence-corrected chi connectivity index (χ1v) is 3.44. The molecule has 12 heavy (non-hydrogen) atoms. The Balaban J connectivity index is -0.000000142. The molecule has 0 saturated heterocycles. The third-order valence-electron chi connectivity index (χ3n) is 0.608. The maximum atomic E-state index is 7.51. The molecule has 0 bridgehead atoms. The van der Waals surface area contributed by atoms with Crippen LogP contribution in [0, 0.1) is 11.3 Å². The molecule has 0 spiro atoms. The topological polar surface area (TPSA) is 33.0 Å². The van der Waals surface area contributed by atoms with Crippen molar-refractivity contribution in [2.45, 2.75) is 6.92 Å². The second-order valence-electron chi connectivity index (χ2n) is 2.64. The molecule has 72 valence electrons. The van der Waals surface area contributed by atoms with Crippen LogP contribution in [0.15, 0.2) is 12.7 Å². The molecule has 0 unspecified atom stereocenters. The summed E-state index contributed by atoms with van der Waals surface area (Å²) in [6, 6.07) is 1.69.